The van der Waals surface area contributed by atoms with Gasteiger partial charge < -0.3 is 0 Å². The van der Waals surface area contributed by atoms with Gasteiger partial charge in [-0.1, -0.05) is 0 Å². The Morgan fingerprint density at radius 2 is 1.57 bits per heavy atom. The Morgan fingerprint density at radius 3 is 1.57 bits per heavy atom. The summed E-state index contributed by atoms with van der Waals surface area (Å²) in [5.41, 5.74) is 0. The van der Waals surface area contributed by atoms with Gasteiger partial charge in [0.1, 0.15) is 0 Å². The van der Waals surface area contributed by atoms with Gasteiger partial charge in [-0.05, 0) is 0 Å². The first kappa shape index (κ1) is 6.06. The van der Waals surface area contributed by atoms with Gasteiger partial charge >= 0.3 is 7.89 Å². The highest BCUT2D eigenvalue weighted by Gasteiger charge is 2.08. The third-order valence-electron chi connectivity index (χ3n) is 0.183. The Bertz CT molecular complexity index is 154. The minimum atomic E-state index is -1.89. The second-order valence-electron chi connectivity index (χ2n) is 0.441. The molecule has 0 saturated heterocycles. The van der Waals surface area contributed by atoms with Crippen molar-refractivity contribution in [3.05, 3.63) is 0 Å². The topological polar surface area (TPSA) is 56.5 Å². The SMILES string of the molecule is C#C.O=[p+]1ooo1. The molecule has 0 aliphatic carbocycles. The van der Waals surface area contributed by atoms with Gasteiger partial charge in [-0.15, -0.1) is 12.8 Å². The van der Waals surface area contributed by atoms with Crippen LogP contribution in [0, 0.1) is 12.8 Å². The molecule has 0 aliphatic heterocycles. The number of hydrogen-bond donors (Lipinski definition) is 0. The zero-order chi connectivity index (χ0) is 5.70. The third kappa shape index (κ3) is 1.85. The summed E-state index contributed by atoms with van der Waals surface area (Å²) in [6.45, 7) is 0. The van der Waals surface area contributed by atoms with Crippen LogP contribution in [0.15, 0.2) is 13.4 Å². The van der Waals surface area contributed by atoms with E-state index in [2.05, 4.69) is 26.3 Å². The van der Waals surface area contributed by atoms with Crippen LogP contribution < -0.4 is 0 Å². The van der Waals surface area contributed by atoms with E-state index in [0.717, 1.165) is 0 Å². The quantitative estimate of drug-likeness (QED) is 0.385. The van der Waals surface area contributed by atoms with E-state index in [0.29, 0.717) is 0 Å². The van der Waals surface area contributed by atoms with Gasteiger partial charge in [0.2, 0.25) is 0 Å². The summed E-state index contributed by atoms with van der Waals surface area (Å²) in [7, 11) is -1.89. The van der Waals surface area contributed by atoms with E-state index in [4.69, 9.17) is 0 Å². The average molecular weight is 121 g/mol. The van der Waals surface area contributed by atoms with Crippen LogP contribution in [0.1, 0.15) is 0 Å². The van der Waals surface area contributed by atoms with Gasteiger partial charge in [0, 0.05) is 18.0 Å². The molecule has 0 N–H and O–H groups in total. The van der Waals surface area contributed by atoms with Crippen molar-refractivity contribution in [1.82, 2.24) is 0 Å². The molecule has 4 nitrogen and oxygen atoms in total. The van der Waals surface area contributed by atoms with Crippen LogP contribution in [-0.2, 0) is 4.57 Å². The van der Waals surface area contributed by atoms with E-state index in [1.807, 2.05) is 0 Å². The van der Waals surface area contributed by atoms with Crippen molar-refractivity contribution >= 4 is 7.89 Å². The number of hydrogen-bond acceptors (Lipinski definition) is 4. The molecule has 1 heterocycles. The molecule has 1 aromatic heterocycles. The molecular formula is C2H2O4P+. The van der Waals surface area contributed by atoms with Crippen LogP contribution in [0.25, 0.3) is 0 Å². The van der Waals surface area contributed by atoms with Gasteiger partial charge in [0.05, 0.1) is 0 Å². The molecule has 0 atom stereocenters. The van der Waals surface area contributed by atoms with E-state index in [1.165, 1.54) is 0 Å². The molecule has 0 spiro atoms. The van der Waals surface area contributed by atoms with Crippen LogP contribution >= 0.6 is 7.89 Å². The molecule has 0 unspecified atom stereocenters. The number of rotatable bonds is 0. The van der Waals surface area contributed by atoms with Crippen molar-refractivity contribution < 1.29 is 18.0 Å². The normalized spacial score (nSPS) is 6.57. The molecule has 0 saturated carbocycles. The molecule has 1 rings (SSSR count). The van der Waals surface area contributed by atoms with Crippen molar-refractivity contribution in [2.24, 2.45) is 0 Å². The van der Waals surface area contributed by atoms with Gasteiger partial charge in [0.15, 0.2) is 0 Å². The Hall–Kier alpha value is -0.940. The largest absolute Gasteiger partial charge is 0.889 e. The minimum absolute atomic E-state index is 1.89. The maximum atomic E-state index is 9.48. The second kappa shape index (κ2) is 3.26. The lowest BCUT2D eigenvalue weighted by Crippen LogP contribution is -1.41. The summed E-state index contributed by atoms with van der Waals surface area (Å²) in [5.74, 6) is 0. The van der Waals surface area contributed by atoms with Crippen molar-refractivity contribution in [2.45, 2.75) is 0 Å². The molecule has 0 amide bonds. The Kier molecular flexibility index (Phi) is 2.82. The summed E-state index contributed by atoms with van der Waals surface area (Å²) in [5, 5.41) is 0. The highest BCUT2D eigenvalue weighted by atomic mass is 31.1. The predicted molar refractivity (Wildman–Crippen MR) is 20.7 cm³/mol. The first-order valence-electron chi connectivity index (χ1n) is 1.21. The molecular weight excluding hydrogens is 119 g/mol. The fourth-order valence-electron chi connectivity index (χ4n) is 0.0553. The van der Waals surface area contributed by atoms with Crippen LogP contribution in [0.2, 0.25) is 0 Å². The molecule has 0 aliphatic rings. The zero-order valence-electron chi connectivity index (χ0n) is 3.23. The first-order valence-corrected chi connectivity index (χ1v) is 2.31. The molecule has 5 heteroatoms. The summed E-state index contributed by atoms with van der Waals surface area (Å²) in [6, 6.07) is 0. The van der Waals surface area contributed by atoms with Crippen LogP contribution in [0.4, 0.5) is 0 Å². The minimum Gasteiger partial charge on any atom is -0.124 e. The molecule has 0 radical (unpaired) electrons. The van der Waals surface area contributed by atoms with Crippen molar-refractivity contribution in [1.29, 1.82) is 0 Å². The predicted octanol–water partition coefficient (Wildman–Crippen LogP) is 1.46. The van der Waals surface area contributed by atoms with Gasteiger partial charge in [-0.25, -0.2) is 0 Å². The van der Waals surface area contributed by atoms with Crippen LogP contribution in [0.5, 0.6) is 0 Å². The Morgan fingerprint density at radius 1 is 1.29 bits per heavy atom. The zero-order valence-corrected chi connectivity index (χ0v) is 4.13. The van der Waals surface area contributed by atoms with Crippen LogP contribution in [0.3, 0.4) is 0 Å². The van der Waals surface area contributed by atoms with Crippen molar-refractivity contribution in [2.75, 3.05) is 0 Å². The summed E-state index contributed by atoms with van der Waals surface area (Å²) in [4.78, 5) is 0. The average Bonchev–Trinajstić information content (AvgIpc) is 1.68. The lowest BCUT2D eigenvalue weighted by Gasteiger charge is -1.50. The standard InChI is InChI=1S/C2H2.O4P/c1-2;1-5-3-2-4-5/h1-2H;/q;+1. The van der Waals surface area contributed by atoms with Gasteiger partial charge in [-0.3, -0.25) is 0 Å². The lowest BCUT2D eigenvalue weighted by molar-refractivity contribution is -0.181. The lowest BCUT2D eigenvalue weighted by atomic mass is 11.4. The van der Waals surface area contributed by atoms with Gasteiger partial charge in [-0.2, -0.15) is 0 Å². The fraction of sp³-hybridized carbons (Fsp3) is 0. The van der Waals surface area contributed by atoms with Gasteiger partial charge in [0.25, 0.3) is 0 Å². The highest BCUT2D eigenvalue weighted by molar-refractivity contribution is 7.22. The fourth-order valence-corrected chi connectivity index (χ4v) is 0.166. The monoisotopic (exact) mass is 121 g/mol. The maximum Gasteiger partial charge on any atom is 0.889 e. The Labute approximate surface area is 39.9 Å². The molecule has 0 aromatic carbocycles. The van der Waals surface area contributed by atoms with Crippen molar-refractivity contribution in [3.63, 3.8) is 0 Å². The van der Waals surface area contributed by atoms with E-state index < -0.39 is 7.89 Å². The smallest absolute Gasteiger partial charge is 0.124 e. The summed E-state index contributed by atoms with van der Waals surface area (Å²) >= 11 is 0. The van der Waals surface area contributed by atoms with E-state index >= 15 is 0 Å². The third-order valence-corrected chi connectivity index (χ3v) is 0.548. The molecule has 0 fully saturated rings. The second-order valence-corrected chi connectivity index (χ2v) is 1.19. The van der Waals surface area contributed by atoms with Crippen LogP contribution in [-0.4, -0.2) is 0 Å². The summed E-state index contributed by atoms with van der Waals surface area (Å²) < 4.78 is 20.5. The number of terminal acetylenes is 1. The molecule has 38 valence electrons. The Balaban J connectivity index is 0.000000162. The highest BCUT2D eigenvalue weighted by Crippen LogP contribution is 2.12. The molecule has 1 aromatic rings. The van der Waals surface area contributed by atoms with Crippen molar-refractivity contribution in [3.8, 4) is 12.8 Å². The first-order chi connectivity index (χ1) is 3.39. The van der Waals surface area contributed by atoms with E-state index in [1.54, 1.807) is 0 Å². The molecule has 0 bridgehead atoms. The van der Waals surface area contributed by atoms with E-state index in [-0.39, 0.29) is 0 Å². The maximum absolute atomic E-state index is 9.48. The summed E-state index contributed by atoms with van der Waals surface area (Å²) in [6.07, 6.45) is 8.00. The molecule has 7 heavy (non-hydrogen) atoms. The van der Waals surface area contributed by atoms with E-state index in [9.17, 15) is 4.57 Å².